The summed E-state index contributed by atoms with van der Waals surface area (Å²) in [7, 11) is 0. The van der Waals surface area contributed by atoms with Crippen LogP contribution in [0.1, 0.15) is 33.6 Å². The number of fused-ring (bicyclic) bond motifs is 2. The normalized spacial score (nSPS) is 35.7. The molecular weight excluding hydrogens is 190 g/mol. The predicted octanol–water partition coefficient (Wildman–Crippen LogP) is 1.67. The molecule has 2 unspecified atom stereocenters. The molecule has 2 aliphatic heterocycles. The standard InChI is InChI=1S/C12H21NO2/c1-8(2)10-4-11-6-15-7-12(5-10)13(11)9(3)14/h8,10-12H,4-7H2,1-3H3. The van der Waals surface area contributed by atoms with Crippen molar-refractivity contribution in [3.05, 3.63) is 0 Å². The van der Waals surface area contributed by atoms with Crippen molar-refractivity contribution in [2.24, 2.45) is 11.8 Å². The third kappa shape index (κ3) is 2.03. The van der Waals surface area contributed by atoms with Crippen molar-refractivity contribution in [2.75, 3.05) is 13.2 Å². The Morgan fingerprint density at radius 2 is 1.80 bits per heavy atom. The molecule has 2 bridgehead atoms. The third-order valence-electron chi connectivity index (χ3n) is 3.86. The van der Waals surface area contributed by atoms with Gasteiger partial charge in [-0.2, -0.15) is 0 Å². The molecule has 0 aliphatic carbocycles. The third-order valence-corrected chi connectivity index (χ3v) is 3.86. The van der Waals surface area contributed by atoms with Crippen LogP contribution in [0, 0.1) is 11.8 Å². The van der Waals surface area contributed by atoms with Crippen LogP contribution in [0.25, 0.3) is 0 Å². The van der Waals surface area contributed by atoms with E-state index in [4.69, 9.17) is 4.74 Å². The molecular formula is C12H21NO2. The van der Waals surface area contributed by atoms with Crippen molar-refractivity contribution in [2.45, 2.75) is 45.7 Å². The highest BCUT2D eigenvalue weighted by Gasteiger charge is 2.40. The summed E-state index contributed by atoms with van der Waals surface area (Å²) >= 11 is 0. The molecule has 1 amide bonds. The number of rotatable bonds is 1. The number of nitrogens with zero attached hydrogens (tertiary/aromatic N) is 1. The van der Waals surface area contributed by atoms with Gasteiger partial charge < -0.3 is 9.64 Å². The highest BCUT2D eigenvalue weighted by atomic mass is 16.5. The van der Waals surface area contributed by atoms with Gasteiger partial charge in [0, 0.05) is 6.92 Å². The van der Waals surface area contributed by atoms with Crippen LogP contribution in [0.2, 0.25) is 0 Å². The zero-order chi connectivity index (χ0) is 11.0. The maximum absolute atomic E-state index is 11.6. The Bertz CT molecular complexity index is 238. The summed E-state index contributed by atoms with van der Waals surface area (Å²) in [5, 5.41) is 0. The molecule has 0 N–H and O–H groups in total. The van der Waals surface area contributed by atoms with E-state index >= 15 is 0 Å². The fourth-order valence-corrected chi connectivity index (χ4v) is 3.02. The van der Waals surface area contributed by atoms with E-state index in [9.17, 15) is 4.79 Å². The number of carbonyl (C=O) groups excluding carboxylic acids is 1. The van der Waals surface area contributed by atoms with Gasteiger partial charge in [0.1, 0.15) is 0 Å². The molecule has 2 atom stereocenters. The van der Waals surface area contributed by atoms with Crippen LogP contribution in [-0.4, -0.2) is 36.1 Å². The lowest BCUT2D eigenvalue weighted by Crippen LogP contribution is -2.59. The Morgan fingerprint density at radius 1 is 1.27 bits per heavy atom. The topological polar surface area (TPSA) is 29.5 Å². The van der Waals surface area contributed by atoms with E-state index in [1.54, 1.807) is 6.92 Å². The molecule has 86 valence electrons. The SMILES string of the molecule is CC(=O)N1C2COCC1CC(C(C)C)C2. The summed E-state index contributed by atoms with van der Waals surface area (Å²) in [5.41, 5.74) is 0. The average molecular weight is 211 g/mol. The number of carbonyl (C=O) groups is 1. The minimum absolute atomic E-state index is 0.218. The summed E-state index contributed by atoms with van der Waals surface area (Å²) < 4.78 is 5.55. The van der Waals surface area contributed by atoms with Crippen molar-refractivity contribution in [1.82, 2.24) is 4.90 Å². The molecule has 0 spiro atoms. The van der Waals surface area contributed by atoms with E-state index in [1.807, 2.05) is 0 Å². The van der Waals surface area contributed by atoms with Gasteiger partial charge in [-0.1, -0.05) is 13.8 Å². The van der Waals surface area contributed by atoms with E-state index in [2.05, 4.69) is 18.7 Å². The average Bonchev–Trinajstić information content (AvgIpc) is 2.15. The fourth-order valence-electron chi connectivity index (χ4n) is 3.02. The molecule has 2 aliphatic rings. The van der Waals surface area contributed by atoms with Gasteiger partial charge in [-0.05, 0) is 24.7 Å². The molecule has 3 heteroatoms. The predicted molar refractivity (Wildman–Crippen MR) is 58.5 cm³/mol. The summed E-state index contributed by atoms with van der Waals surface area (Å²) in [6.07, 6.45) is 2.24. The molecule has 0 saturated carbocycles. The van der Waals surface area contributed by atoms with Gasteiger partial charge in [-0.15, -0.1) is 0 Å². The zero-order valence-corrected chi connectivity index (χ0v) is 9.90. The van der Waals surface area contributed by atoms with Crippen molar-refractivity contribution >= 4 is 5.91 Å². The molecule has 2 rings (SSSR count). The molecule has 3 nitrogen and oxygen atoms in total. The lowest BCUT2D eigenvalue weighted by molar-refractivity contribution is -0.152. The molecule has 0 radical (unpaired) electrons. The van der Waals surface area contributed by atoms with E-state index in [-0.39, 0.29) is 5.91 Å². The molecule has 0 aromatic heterocycles. The Balaban J connectivity index is 2.11. The van der Waals surface area contributed by atoms with Crippen molar-refractivity contribution in [3.63, 3.8) is 0 Å². The van der Waals surface area contributed by atoms with Gasteiger partial charge in [0.15, 0.2) is 0 Å². The first-order chi connectivity index (χ1) is 7.09. The Morgan fingerprint density at radius 3 is 2.20 bits per heavy atom. The van der Waals surface area contributed by atoms with Crippen LogP contribution in [-0.2, 0) is 9.53 Å². The lowest BCUT2D eigenvalue weighted by atomic mass is 9.79. The number of morpholine rings is 1. The van der Waals surface area contributed by atoms with Crippen LogP contribution in [0.5, 0.6) is 0 Å². The van der Waals surface area contributed by atoms with Crippen LogP contribution >= 0.6 is 0 Å². The quantitative estimate of drug-likeness (QED) is 0.660. The minimum Gasteiger partial charge on any atom is -0.377 e. The fraction of sp³-hybridized carbons (Fsp3) is 0.917. The van der Waals surface area contributed by atoms with Gasteiger partial charge in [0.05, 0.1) is 25.3 Å². The summed E-state index contributed by atoms with van der Waals surface area (Å²) in [4.78, 5) is 13.6. The summed E-state index contributed by atoms with van der Waals surface area (Å²) in [6, 6.07) is 0.671. The molecule has 15 heavy (non-hydrogen) atoms. The molecule has 2 heterocycles. The van der Waals surface area contributed by atoms with Gasteiger partial charge in [0.2, 0.25) is 5.91 Å². The highest BCUT2D eigenvalue weighted by molar-refractivity contribution is 5.74. The Labute approximate surface area is 91.8 Å². The second kappa shape index (κ2) is 4.12. The maximum atomic E-state index is 11.6. The summed E-state index contributed by atoms with van der Waals surface area (Å²) in [6.45, 7) is 7.72. The van der Waals surface area contributed by atoms with Crippen molar-refractivity contribution in [3.8, 4) is 0 Å². The van der Waals surface area contributed by atoms with E-state index in [0.717, 1.165) is 37.9 Å². The smallest absolute Gasteiger partial charge is 0.220 e. The Hall–Kier alpha value is -0.570. The monoisotopic (exact) mass is 211 g/mol. The first kappa shape index (κ1) is 10.9. The second-order valence-corrected chi connectivity index (χ2v) is 5.25. The van der Waals surface area contributed by atoms with Gasteiger partial charge in [-0.3, -0.25) is 4.79 Å². The number of piperidine rings is 1. The molecule has 0 aromatic carbocycles. The van der Waals surface area contributed by atoms with Crippen LogP contribution in [0.3, 0.4) is 0 Å². The second-order valence-electron chi connectivity index (χ2n) is 5.25. The number of ether oxygens (including phenoxy) is 1. The number of hydrogen-bond donors (Lipinski definition) is 0. The first-order valence-corrected chi connectivity index (χ1v) is 5.96. The number of hydrogen-bond acceptors (Lipinski definition) is 2. The largest absolute Gasteiger partial charge is 0.377 e. The van der Waals surface area contributed by atoms with Crippen molar-refractivity contribution in [1.29, 1.82) is 0 Å². The van der Waals surface area contributed by atoms with Crippen LogP contribution < -0.4 is 0 Å². The first-order valence-electron chi connectivity index (χ1n) is 5.96. The van der Waals surface area contributed by atoms with Gasteiger partial charge in [-0.25, -0.2) is 0 Å². The molecule has 2 fully saturated rings. The highest BCUT2D eigenvalue weighted by Crippen LogP contribution is 2.35. The van der Waals surface area contributed by atoms with Crippen LogP contribution in [0.15, 0.2) is 0 Å². The van der Waals surface area contributed by atoms with Gasteiger partial charge >= 0.3 is 0 Å². The summed E-state index contributed by atoms with van der Waals surface area (Å²) in [5.74, 6) is 1.71. The molecule has 0 aromatic rings. The number of amides is 1. The van der Waals surface area contributed by atoms with Gasteiger partial charge in [0.25, 0.3) is 0 Å². The van der Waals surface area contributed by atoms with E-state index in [0.29, 0.717) is 12.1 Å². The van der Waals surface area contributed by atoms with E-state index in [1.165, 1.54) is 0 Å². The Kier molecular flexibility index (Phi) is 3.01. The molecule has 2 saturated heterocycles. The minimum atomic E-state index is 0.218. The van der Waals surface area contributed by atoms with E-state index < -0.39 is 0 Å². The maximum Gasteiger partial charge on any atom is 0.220 e. The van der Waals surface area contributed by atoms with Crippen molar-refractivity contribution < 1.29 is 9.53 Å². The van der Waals surface area contributed by atoms with Crippen LogP contribution in [0.4, 0.5) is 0 Å². The lowest BCUT2D eigenvalue weighted by Gasteiger charge is -2.49. The zero-order valence-electron chi connectivity index (χ0n) is 9.90.